The summed E-state index contributed by atoms with van der Waals surface area (Å²) < 4.78 is 4.86. The highest BCUT2D eigenvalue weighted by Gasteiger charge is 2.17. The molecule has 7 nitrogen and oxygen atoms in total. The average molecular weight is 294 g/mol. The maximum atomic E-state index is 11.9. The third-order valence-corrected chi connectivity index (χ3v) is 2.63. The largest absolute Gasteiger partial charge is 0.450 e. The van der Waals surface area contributed by atoms with Crippen LogP contribution in [0.3, 0.4) is 0 Å². The second-order valence-electron chi connectivity index (χ2n) is 4.97. The van der Waals surface area contributed by atoms with Crippen molar-refractivity contribution in [2.75, 3.05) is 13.2 Å². The lowest BCUT2D eigenvalue weighted by Crippen LogP contribution is -2.44. The Morgan fingerprint density at radius 3 is 2.52 bits per heavy atom. The van der Waals surface area contributed by atoms with E-state index in [2.05, 4.69) is 20.6 Å². The second kappa shape index (κ2) is 8.89. The Labute approximate surface area is 124 Å². The van der Waals surface area contributed by atoms with E-state index in [0.29, 0.717) is 19.1 Å². The van der Waals surface area contributed by atoms with Gasteiger partial charge in [0, 0.05) is 25.0 Å². The zero-order valence-electron chi connectivity index (χ0n) is 12.6. The van der Waals surface area contributed by atoms with Gasteiger partial charge in [-0.15, -0.1) is 0 Å². The molecule has 2 N–H and O–H groups in total. The SMILES string of the molecule is CCOC(=O)NC(CNC(=O)c1ncccn1)CC(C)C. The fourth-order valence-electron chi connectivity index (χ4n) is 1.81. The molecular formula is C14H22N4O3. The fraction of sp³-hybridized carbons (Fsp3) is 0.571. The van der Waals surface area contributed by atoms with Crippen molar-refractivity contribution < 1.29 is 14.3 Å². The topological polar surface area (TPSA) is 93.2 Å². The van der Waals surface area contributed by atoms with Crippen molar-refractivity contribution in [2.45, 2.75) is 33.2 Å². The maximum Gasteiger partial charge on any atom is 0.407 e. The summed E-state index contributed by atoms with van der Waals surface area (Å²) in [4.78, 5) is 31.1. The van der Waals surface area contributed by atoms with E-state index in [-0.39, 0.29) is 17.8 Å². The number of rotatable bonds is 7. The monoisotopic (exact) mass is 294 g/mol. The van der Waals surface area contributed by atoms with Gasteiger partial charge >= 0.3 is 6.09 Å². The van der Waals surface area contributed by atoms with Crippen LogP contribution in [0.4, 0.5) is 4.79 Å². The van der Waals surface area contributed by atoms with Gasteiger partial charge in [0.2, 0.25) is 5.82 Å². The Morgan fingerprint density at radius 1 is 1.29 bits per heavy atom. The number of nitrogens with zero attached hydrogens (tertiary/aromatic N) is 2. The van der Waals surface area contributed by atoms with Crippen molar-refractivity contribution in [3.8, 4) is 0 Å². The Hall–Kier alpha value is -2.18. The highest BCUT2D eigenvalue weighted by Crippen LogP contribution is 2.04. The van der Waals surface area contributed by atoms with Crippen molar-refractivity contribution in [2.24, 2.45) is 5.92 Å². The molecule has 0 fully saturated rings. The molecule has 2 amide bonds. The van der Waals surface area contributed by atoms with Gasteiger partial charge < -0.3 is 15.4 Å². The van der Waals surface area contributed by atoms with E-state index in [0.717, 1.165) is 6.42 Å². The van der Waals surface area contributed by atoms with Gasteiger partial charge in [-0.3, -0.25) is 4.79 Å². The molecule has 1 rings (SSSR count). The molecule has 1 aromatic rings. The van der Waals surface area contributed by atoms with Gasteiger partial charge in [-0.05, 0) is 25.3 Å². The minimum Gasteiger partial charge on any atom is -0.450 e. The van der Waals surface area contributed by atoms with Gasteiger partial charge in [-0.2, -0.15) is 0 Å². The van der Waals surface area contributed by atoms with Crippen LogP contribution < -0.4 is 10.6 Å². The molecule has 0 aromatic carbocycles. The molecule has 21 heavy (non-hydrogen) atoms. The number of amides is 2. The lowest BCUT2D eigenvalue weighted by Gasteiger charge is -2.20. The first-order chi connectivity index (χ1) is 10.0. The third-order valence-electron chi connectivity index (χ3n) is 2.63. The van der Waals surface area contributed by atoms with Crippen LogP contribution in [0.2, 0.25) is 0 Å². The lowest BCUT2D eigenvalue weighted by molar-refractivity contribution is 0.0934. The number of nitrogens with one attached hydrogen (secondary N) is 2. The molecule has 1 atom stereocenters. The smallest absolute Gasteiger partial charge is 0.407 e. The summed E-state index contributed by atoms with van der Waals surface area (Å²) in [7, 11) is 0. The van der Waals surface area contributed by atoms with Crippen molar-refractivity contribution in [3.63, 3.8) is 0 Å². The predicted molar refractivity (Wildman–Crippen MR) is 77.8 cm³/mol. The van der Waals surface area contributed by atoms with Gasteiger partial charge in [-0.25, -0.2) is 14.8 Å². The van der Waals surface area contributed by atoms with Crippen LogP contribution in [-0.4, -0.2) is 41.2 Å². The number of hydrogen-bond donors (Lipinski definition) is 2. The van der Waals surface area contributed by atoms with Crippen molar-refractivity contribution >= 4 is 12.0 Å². The summed E-state index contributed by atoms with van der Waals surface area (Å²) in [5, 5.41) is 5.46. The molecule has 0 saturated heterocycles. The molecule has 0 aliphatic rings. The van der Waals surface area contributed by atoms with Crippen LogP contribution >= 0.6 is 0 Å². The van der Waals surface area contributed by atoms with E-state index in [9.17, 15) is 9.59 Å². The van der Waals surface area contributed by atoms with E-state index < -0.39 is 6.09 Å². The molecule has 1 unspecified atom stereocenters. The first kappa shape index (κ1) is 16.9. The Bertz CT molecular complexity index is 451. The minimum atomic E-state index is -0.478. The number of aromatic nitrogens is 2. The Morgan fingerprint density at radius 2 is 1.95 bits per heavy atom. The standard InChI is InChI=1S/C14H22N4O3/c1-4-21-14(20)18-11(8-10(2)3)9-17-13(19)12-15-6-5-7-16-12/h5-7,10-11H,4,8-9H2,1-3H3,(H,17,19)(H,18,20). The zero-order valence-corrected chi connectivity index (χ0v) is 12.6. The average Bonchev–Trinajstić information content (AvgIpc) is 2.45. The summed E-state index contributed by atoms with van der Waals surface area (Å²) in [5.74, 6) is 0.119. The van der Waals surface area contributed by atoms with Gasteiger partial charge in [-0.1, -0.05) is 13.8 Å². The first-order valence-electron chi connectivity index (χ1n) is 7.01. The van der Waals surface area contributed by atoms with Crippen LogP contribution in [0, 0.1) is 5.92 Å². The van der Waals surface area contributed by atoms with E-state index in [1.807, 2.05) is 13.8 Å². The van der Waals surface area contributed by atoms with E-state index in [1.165, 1.54) is 12.4 Å². The number of carbonyl (C=O) groups is 2. The van der Waals surface area contributed by atoms with Crippen LogP contribution in [0.5, 0.6) is 0 Å². The van der Waals surface area contributed by atoms with Crippen molar-refractivity contribution in [1.29, 1.82) is 0 Å². The summed E-state index contributed by atoms with van der Waals surface area (Å²) >= 11 is 0. The van der Waals surface area contributed by atoms with Crippen LogP contribution in [0.15, 0.2) is 18.5 Å². The van der Waals surface area contributed by atoms with E-state index in [4.69, 9.17) is 4.74 Å². The molecule has 0 bridgehead atoms. The van der Waals surface area contributed by atoms with E-state index in [1.54, 1.807) is 13.0 Å². The highest BCUT2D eigenvalue weighted by molar-refractivity contribution is 5.90. The zero-order chi connectivity index (χ0) is 15.7. The predicted octanol–water partition coefficient (Wildman–Crippen LogP) is 1.37. The Kier molecular flexibility index (Phi) is 7.14. The lowest BCUT2D eigenvalue weighted by atomic mass is 10.0. The first-order valence-corrected chi connectivity index (χ1v) is 7.01. The van der Waals surface area contributed by atoms with E-state index >= 15 is 0 Å². The maximum absolute atomic E-state index is 11.9. The summed E-state index contributed by atoms with van der Waals surface area (Å²) in [6.07, 6.45) is 3.26. The van der Waals surface area contributed by atoms with Crippen molar-refractivity contribution in [1.82, 2.24) is 20.6 Å². The number of ether oxygens (including phenoxy) is 1. The van der Waals surface area contributed by atoms with Gasteiger partial charge in [0.15, 0.2) is 0 Å². The third kappa shape index (κ3) is 6.69. The van der Waals surface area contributed by atoms with Crippen LogP contribution in [0.1, 0.15) is 37.8 Å². The van der Waals surface area contributed by atoms with Crippen LogP contribution in [-0.2, 0) is 4.74 Å². The summed E-state index contributed by atoms with van der Waals surface area (Å²) in [6, 6.07) is 1.44. The fourth-order valence-corrected chi connectivity index (χ4v) is 1.81. The molecule has 1 heterocycles. The molecule has 0 saturated carbocycles. The molecule has 7 heteroatoms. The quantitative estimate of drug-likeness (QED) is 0.792. The molecule has 0 aliphatic heterocycles. The number of hydrogen-bond acceptors (Lipinski definition) is 5. The molecule has 0 aliphatic carbocycles. The highest BCUT2D eigenvalue weighted by atomic mass is 16.5. The Balaban J connectivity index is 2.52. The molecule has 1 aromatic heterocycles. The molecule has 0 radical (unpaired) electrons. The summed E-state index contributed by atoms with van der Waals surface area (Å²) in [6.45, 7) is 6.44. The van der Waals surface area contributed by atoms with Gasteiger partial charge in [0.05, 0.1) is 6.61 Å². The molecule has 0 spiro atoms. The normalized spacial score (nSPS) is 11.8. The second-order valence-corrected chi connectivity index (χ2v) is 4.97. The van der Waals surface area contributed by atoms with Gasteiger partial charge in [0.1, 0.15) is 0 Å². The number of alkyl carbamates (subject to hydrolysis) is 1. The molecular weight excluding hydrogens is 272 g/mol. The van der Waals surface area contributed by atoms with Crippen LogP contribution in [0.25, 0.3) is 0 Å². The van der Waals surface area contributed by atoms with Gasteiger partial charge in [0.25, 0.3) is 5.91 Å². The molecule has 116 valence electrons. The van der Waals surface area contributed by atoms with Crippen molar-refractivity contribution in [3.05, 3.63) is 24.3 Å². The number of carbonyl (C=O) groups excluding carboxylic acids is 2. The summed E-state index contributed by atoms with van der Waals surface area (Å²) in [5.41, 5.74) is 0. The minimum absolute atomic E-state index is 0.108.